The van der Waals surface area contributed by atoms with E-state index in [-0.39, 0.29) is 0 Å². The van der Waals surface area contributed by atoms with Crippen molar-refractivity contribution >= 4 is 14.6 Å². The summed E-state index contributed by atoms with van der Waals surface area (Å²) in [5, 5.41) is 0. The summed E-state index contributed by atoms with van der Waals surface area (Å²) < 4.78 is 0.294. The average Bonchev–Trinajstić information content (AvgIpc) is 3.45. The molecule has 0 heterocycles. The van der Waals surface area contributed by atoms with E-state index in [0.717, 1.165) is 18.4 Å². The Labute approximate surface area is 257 Å². The summed E-state index contributed by atoms with van der Waals surface area (Å²) >= 11 is 0. The van der Waals surface area contributed by atoms with Crippen molar-refractivity contribution in [2.75, 3.05) is 12.0 Å². The first kappa shape index (κ1) is 42.4. The lowest BCUT2D eigenvalue weighted by Crippen LogP contribution is -2.38. The molecule has 0 saturated carbocycles. The molecule has 0 bridgehead atoms. The monoisotopic (exact) mass is 574 g/mol. The van der Waals surface area contributed by atoms with Crippen molar-refractivity contribution in [3.63, 3.8) is 0 Å². The molecule has 0 spiro atoms. The minimum Gasteiger partial charge on any atom is -0.229 e. The zero-order chi connectivity index (χ0) is 32.6. The third-order valence-electron chi connectivity index (χ3n) is 7.74. The van der Waals surface area contributed by atoms with Gasteiger partial charge < -0.3 is 0 Å². The summed E-state index contributed by atoms with van der Waals surface area (Å²) in [7, 11) is -1.83. The van der Waals surface area contributed by atoms with Crippen LogP contribution in [0.15, 0.2) is 128 Å². The molecule has 1 aliphatic carbocycles. The maximum absolute atomic E-state index is 5.27. The Hall–Kier alpha value is -3.08. The Morgan fingerprint density at radius 1 is 1.05 bits per heavy atom. The van der Waals surface area contributed by atoms with Gasteiger partial charge in [-0.05, 0) is 91.8 Å². The fourth-order valence-corrected chi connectivity index (χ4v) is 9.15. The molecule has 1 aliphatic rings. The van der Waals surface area contributed by atoms with Crippen LogP contribution < -0.4 is 0 Å². The van der Waals surface area contributed by atoms with E-state index in [2.05, 4.69) is 111 Å². The van der Waals surface area contributed by atoms with Crippen molar-refractivity contribution < 1.29 is 0 Å². The first-order valence-corrected chi connectivity index (χ1v) is 17.4. The highest BCUT2D eigenvalue weighted by atomic mass is 32.3. The minimum absolute atomic E-state index is 0.294. The van der Waals surface area contributed by atoms with Gasteiger partial charge in [-0.1, -0.05) is 112 Å². The van der Waals surface area contributed by atoms with Crippen LogP contribution in [-0.4, -0.2) is 22.6 Å². The van der Waals surface area contributed by atoms with Crippen molar-refractivity contribution in [1.82, 2.24) is 0 Å². The molecule has 0 amide bonds. The van der Waals surface area contributed by atoms with E-state index in [1.165, 1.54) is 53.1 Å². The predicted octanol–water partition coefficient (Wildman–Crippen LogP) is 12.5. The lowest BCUT2D eigenvalue weighted by molar-refractivity contribution is 0.530. The largest absolute Gasteiger partial charge is 0.229 e. The lowest BCUT2D eigenvalue weighted by Gasteiger charge is -2.60. The van der Waals surface area contributed by atoms with Crippen LogP contribution in [-0.2, 0) is 0 Å². The molecule has 0 N–H and O–H groups in total. The summed E-state index contributed by atoms with van der Waals surface area (Å²) in [5.41, 5.74) is 4.74. The standard InChI is InChI=1S/C17H34S.C12H12.C7H8.2C2H4/c1-9-12-14-17(6,13-10-2)18(7,8,15-11-3)16(4)5;1-4-10-7-8-12(9-10)11(5-2)6-3;1-7-5-3-2-4-6-7;2*1-2/h9H,1,4,7,10-15H2,2-3,5-6,8H3;1,5-7,9H,2,8H2,3H3;2-6H,1H3;2*1-2H2/b;11-6+;;;. The summed E-state index contributed by atoms with van der Waals surface area (Å²) in [6.45, 7) is 37.3. The lowest BCUT2D eigenvalue weighted by atomic mass is 9.99. The van der Waals surface area contributed by atoms with Crippen molar-refractivity contribution in [3.05, 3.63) is 134 Å². The average molecular weight is 575 g/mol. The molecule has 228 valence electrons. The van der Waals surface area contributed by atoms with Crippen LogP contribution in [0.5, 0.6) is 0 Å². The van der Waals surface area contributed by atoms with Crippen LogP contribution in [0.4, 0.5) is 0 Å². The van der Waals surface area contributed by atoms with Crippen molar-refractivity contribution in [3.8, 4) is 12.3 Å². The molecule has 1 aromatic carbocycles. The molecule has 1 atom stereocenters. The van der Waals surface area contributed by atoms with Crippen LogP contribution >= 0.6 is 8.75 Å². The van der Waals surface area contributed by atoms with Gasteiger partial charge in [-0.25, -0.2) is 8.75 Å². The van der Waals surface area contributed by atoms with Crippen LogP contribution in [0, 0.1) is 19.3 Å². The molecule has 0 aromatic heterocycles. The molecule has 1 unspecified atom stereocenters. The second kappa shape index (κ2) is 22.6. The molecule has 0 nitrogen and oxygen atoms in total. The normalized spacial score (nSPS) is 14.2. The molecule has 0 fully saturated rings. The molecule has 0 radical (unpaired) electrons. The molecular formula is C40H62S. The smallest absolute Gasteiger partial charge is 0.0209 e. The van der Waals surface area contributed by atoms with Gasteiger partial charge in [0, 0.05) is 5.57 Å². The first-order chi connectivity index (χ1) is 19.4. The van der Waals surface area contributed by atoms with E-state index in [1.807, 2.05) is 49.4 Å². The van der Waals surface area contributed by atoms with E-state index in [9.17, 15) is 0 Å². The van der Waals surface area contributed by atoms with E-state index >= 15 is 0 Å². The number of hydrogen-bond donors (Lipinski definition) is 0. The third kappa shape index (κ3) is 13.4. The van der Waals surface area contributed by atoms with Crippen LogP contribution in [0.1, 0.15) is 78.7 Å². The number of hydrogen-bond acceptors (Lipinski definition) is 0. The van der Waals surface area contributed by atoms with Crippen LogP contribution in [0.2, 0.25) is 0 Å². The van der Waals surface area contributed by atoms with Gasteiger partial charge in [-0.15, -0.1) is 39.3 Å². The number of rotatable bonds is 11. The SMILES string of the molecule is C#CC1=CCC(/C(C=C)=C/C)=C1.C=C.C=C.C=CCCC(C)(CCC)S(=C)(C)(CCC)C(=C)C.Cc1ccccc1. The number of benzene rings is 1. The molecular weight excluding hydrogens is 513 g/mol. The third-order valence-corrected chi connectivity index (χ3v) is 14.6. The van der Waals surface area contributed by atoms with Gasteiger partial charge in [-0.2, -0.15) is 0 Å². The molecule has 2 rings (SSSR count). The van der Waals surface area contributed by atoms with E-state index in [0.29, 0.717) is 4.75 Å². The second-order valence-corrected chi connectivity index (χ2v) is 16.4. The van der Waals surface area contributed by atoms with Gasteiger partial charge in [0.2, 0.25) is 0 Å². The fraction of sp³-hybridized carbons (Fsp3) is 0.375. The van der Waals surface area contributed by atoms with Gasteiger partial charge in [0.15, 0.2) is 0 Å². The van der Waals surface area contributed by atoms with E-state index in [4.69, 9.17) is 12.3 Å². The maximum atomic E-state index is 5.27. The number of aryl methyl sites for hydroxylation is 1. The highest BCUT2D eigenvalue weighted by Gasteiger charge is 2.43. The van der Waals surface area contributed by atoms with E-state index in [1.54, 1.807) is 0 Å². The summed E-state index contributed by atoms with van der Waals surface area (Å²) in [4.78, 5) is 1.33. The number of terminal acetylenes is 1. The van der Waals surface area contributed by atoms with Gasteiger partial charge >= 0.3 is 0 Å². The zero-order valence-corrected chi connectivity index (χ0v) is 28.7. The summed E-state index contributed by atoms with van der Waals surface area (Å²) in [6, 6.07) is 10.3. The fourth-order valence-electron chi connectivity index (χ4n) is 4.85. The van der Waals surface area contributed by atoms with Crippen molar-refractivity contribution in [2.24, 2.45) is 0 Å². The molecule has 1 heteroatoms. The molecule has 41 heavy (non-hydrogen) atoms. The Morgan fingerprint density at radius 2 is 1.61 bits per heavy atom. The van der Waals surface area contributed by atoms with Crippen LogP contribution in [0.25, 0.3) is 0 Å². The molecule has 0 saturated heterocycles. The quantitative estimate of drug-likeness (QED) is 0.107. The number of allylic oxidation sites excluding steroid dienone is 9. The van der Waals surface area contributed by atoms with Gasteiger partial charge in [0.25, 0.3) is 0 Å². The van der Waals surface area contributed by atoms with Crippen molar-refractivity contribution in [2.45, 2.75) is 84.8 Å². The van der Waals surface area contributed by atoms with Gasteiger partial charge in [0.05, 0.1) is 0 Å². The first-order valence-electron chi connectivity index (χ1n) is 14.6. The topological polar surface area (TPSA) is 0 Å². The Balaban J connectivity index is -0.000000536. The molecule has 0 aliphatic heterocycles. The molecule has 1 aromatic rings. The van der Waals surface area contributed by atoms with E-state index < -0.39 is 8.75 Å². The Kier molecular flexibility index (Phi) is 23.4. The van der Waals surface area contributed by atoms with Gasteiger partial charge in [-0.3, -0.25) is 0 Å². The summed E-state index contributed by atoms with van der Waals surface area (Å²) in [6.07, 6.45) is 24.6. The highest BCUT2D eigenvalue weighted by Crippen LogP contribution is 2.72. The zero-order valence-electron chi connectivity index (χ0n) is 27.9. The Morgan fingerprint density at radius 3 is 1.93 bits per heavy atom. The maximum Gasteiger partial charge on any atom is 0.0209 e. The predicted molar refractivity (Wildman–Crippen MR) is 201 cm³/mol. The summed E-state index contributed by atoms with van der Waals surface area (Å²) in [5.74, 6) is 8.64. The Bertz CT molecular complexity index is 1110. The highest BCUT2D eigenvalue weighted by molar-refractivity contribution is 8.49. The minimum atomic E-state index is -1.83. The van der Waals surface area contributed by atoms with Gasteiger partial charge in [0.1, 0.15) is 0 Å². The van der Waals surface area contributed by atoms with Crippen LogP contribution in [0.3, 0.4) is 0 Å². The van der Waals surface area contributed by atoms with Crippen molar-refractivity contribution in [1.29, 1.82) is 0 Å². The second-order valence-electron chi connectivity index (χ2n) is 10.6.